The standard InChI is InChI=1S/C7H15N3O2/c8-7(10-11)4-9-6-2-1-3-12-5-6/h6,9,11H,1-5H2,(H2,8,10). The van der Waals surface area contributed by atoms with E-state index < -0.39 is 0 Å². The van der Waals surface area contributed by atoms with Gasteiger partial charge in [0.15, 0.2) is 5.84 Å². The Labute approximate surface area is 71.6 Å². The van der Waals surface area contributed by atoms with E-state index in [0.717, 1.165) is 26.1 Å². The predicted octanol–water partition coefficient (Wildman–Crippen LogP) is -0.499. The molecule has 1 aliphatic heterocycles. The van der Waals surface area contributed by atoms with Crippen LogP contribution in [0.1, 0.15) is 12.8 Å². The Morgan fingerprint density at radius 2 is 2.58 bits per heavy atom. The molecule has 0 aliphatic carbocycles. The molecule has 1 fully saturated rings. The van der Waals surface area contributed by atoms with E-state index in [1.807, 2.05) is 0 Å². The van der Waals surface area contributed by atoms with Crippen molar-refractivity contribution in [1.29, 1.82) is 0 Å². The molecule has 0 amide bonds. The van der Waals surface area contributed by atoms with Crippen LogP contribution < -0.4 is 11.1 Å². The molecule has 1 heterocycles. The van der Waals surface area contributed by atoms with E-state index in [1.165, 1.54) is 0 Å². The number of nitrogens with one attached hydrogen (secondary N) is 1. The van der Waals surface area contributed by atoms with Gasteiger partial charge in [0.1, 0.15) is 0 Å². The number of nitrogens with zero attached hydrogens (tertiary/aromatic N) is 1. The van der Waals surface area contributed by atoms with Crippen LogP contribution in [0.3, 0.4) is 0 Å². The second-order valence-corrected chi connectivity index (χ2v) is 2.89. The molecule has 0 spiro atoms. The molecule has 4 N–H and O–H groups in total. The molecule has 1 saturated heterocycles. The molecule has 0 aromatic carbocycles. The van der Waals surface area contributed by atoms with E-state index in [1.54, 1.807) is 0 Å². The summed E-state index contributed by atoms with van der Waals surface area (Å²) < 4.78 is 5.24. The highest BCUT2D eigenvalue weighted by atomic mass is 16.5. The van der Waals surface area contributed by atoms with E-state index >= 15 is 0 Å². The molecule has 0 saturated carbocycles. The largest absolute Gasteiger partial charge is 0.409 e. The van der Waals surface area contributed by atoms with Crippen molar-refractivity contribution >= 4 is 5.84 Å². The third-order valence-corrected chi connectivity index (χ3v) is 1.86. The highest BCUT2D eigenvalue weighted by Gasteiger charge is 2.12. The number of oxime groups is 1. The highest BCUT2D eigenvalue weighted by Crippen LogP contribution is 2.04. The summed E-state index contributed by atoms with van der Waals surface area (Å²) >= 11 is 0. The average molecular weight is 173 g/mol. The summed E-state index contributed by atoms with van der Waals surface area (Å²) in [6, 6.07) is 0.346. The first-order chi connectivity index (χ1) is 5.83. The fourth-order valence-electron chi connectivity index (χ4n) is 1.19. The number of ether oxygens (including phenoxy) is 1. The van der Waals surface area contributed by atoms with Crippen molar-refractivity contribution in [2.75, 3.05) is 19.8 Å². The summed E-state index contributed by atoms with van der Waals surface area (Å²) in [4.78, 5) is 0. The maximum atomic E-state index is 8.26. The van der Waals surface area contributed by atoms with Gasteiger partial charge in [-0.05, 0) is 12.8 Å². The van der Waals surface area contributed by atoms with Gasteiger partial charge in [-0.1, -0.05) is 5.16 Å². The van der Waals surface area contributed by atoms with E-state index in [9.17, 15) is 0 Å². The van der Waals surface area contributed by atoms with Gasteiger partial charge in [-0.3, -0.25) is 0 Å². The van der Waals surface area contributed by atoms with E-state index in [-0.39, 0.29) is 5.84 Å². The first-order valence-electron chi connectivity index (χ1n) is 4.10. The Hall–Kier alpha value is -0.810. The van der Waals surface area contributed by atoms with Gasteiger partial charge in [-0.15, -0.1) is 0 Å². The second kappa shape index (κ2) is 4.95. The lowest BCUT2D eigenvalue weighted by molar-refractivity contribution is 0.0720. The summed E-state index contributed by atoms with van der Waals surface area (Å²) in [5.41, 5.74) is 5.29. The lowest BCUT2D eigenvalue weighted by Crippen LogP contribution is -2.41. The third kappa shape index (κ3) is 3.06. The summed E-state index contributed by atoms with van der Waals surface area (Å²) in [5.74, 6) is 0.209. The zero-order valence-electron chi connectivity index (χ0n) is 6.99. The van der Waals surface area contributed by atoms with E-state index in [4.69, 9.17) is 15.7 Å². The molecule has 5 heteroatoms. The van der Waals surface area contributed by atoms with Crippen molar-refractivity contribution < 1.29 is 9.94 Å². The molecule has 0 aromatic heterocycles. The van der Waals surface area contributed by atoms with Gasteiger partial charge in [0.25, 0.3) is 0 Å². The fraction of sp³-hybridized carbons (Fsp3) is 0.857. The Bertz CT molecular complexity index is 155. The zero-order chi connectivity index (χ0) is 8.81. The highest BCUT2D eigenvalue weighted by molar-refractivity contribution is 5.81. The molecule has 1 rings (SSSR count). The van der Waals surface area contributed by atoms with Crippen molar-refractivity contribution in [3.8, 4) is 0 Å². The van der Waals surface area contributed by atoms with Crippen LogP contribution in [0.2, 0.25) is 0 Å². The van der Waals surface area contributed by atoms with Gasteiger partial charge in [0, 0.05) is 12.6 Å². The fourth-order valence-corrected chi connectivity index (χ4v) is 1.19. The molecule has 1 atom stereocenters. The SMILES string of the molecule is NC(CNC1CCCOC1)=NO. The summed E-state index contributed by atoms with van der Waals surface area (Å²) in [6.45, 7) is 1.99. The second-order valence-electron chi connectivity index (χ2n) is 2.89. The molecule has 0 bridgehead atoms. The summed E-state index contributed by atoms with van der Waals surface area (Å²) in [5, 5.41) is 14.3. The van der Waals surface area contributed by atoms with Gasteiger partial charge in [-0.2, -0.15) is 0 Å². The maximum absolute atomic E-state index is 8.26. The van der Waals surface area contributed by atoms with Gasteiger partial charge in [-0.25, -0.2) is 0 Å². The van der Waals surface area contributed by atoms with Crippen molar-refractivity contribution in [2.45, 2.75) is 18.9 Å². The lowest BCUT2D eigenvalue weighted by atomic mass is 10.1. The molecule has 70 valence electrons. The summed E-state index contributed by atoms with van der Waals surface area (Å²) in [6.07, 6.45) is 2.17. The van der Waals surface area contributed by atoms with Gasteiger partial charge < -0.3 is 21.0 Å². The molecule has 12 heavy (non-hydrogen) atoms. The Morgan fingerprint density at radius 1 is 1.75 bits per heavy atom. The topological polar surface area (TPSA) is 79.9 Å². The van der Waals surface area contributed by atoms with E-state index in [2.05, 4.69) is 10.5 Å². The average Bonchev–Trinajstić information content (AvgIpc) is 2.16. The van der Waals surface area contributed by atoms with Crippen LogP contribution in [0.5, 0.6) is 0 Å². The Kier molecular flexibility index (Phi) is 3.83. The predicted molar refractivity (Wildman–Crippen MR) is 45.3 cm³/mol. The number of nitrogens with two attached hydrogens (primary N) is 1. The van der Waals surface area contributed by atoms with Crippen LogP contribution in [-0.4, -0.2) is 36.8 Å². The van der Waals surface area contributed by atoms with Crippen LogP contribution in [-0.2, 0) is 4.74 Å². The van der Waals surface area contributed by atoms with Crippen molar-refractivity contribution in [2.24, 2.45) is 10.9 Å². The van der Waals surface area contributed by atoms with Crippen LogP contribution >= 0.6 is 0 Å². The summed E-state index contributed by atoms with van der Waals surface area (Å²) in [7, 11) is 0. The van der Waals surface area contributed by atoms with Gasteiger partial charge in [0.2, 0.25) is 0 Å². The molecule has 5 nitrogen and oxygen atoms in total. The molecule has 1 aliphatic rings. The first kappa shape index (κ1) is 9.28. The van der Waals surface area contributed by atoms with Crippen LogP contribution in [0.4, 0.5) is 0 Å². The number of hydrogen-bond donors (Lipinski definition) is 3. The van der Waals surface area contributed by atoms with Gasteiger partial charge >= 0.3 is 0 Å². The first-order valence-corrected chi connectivity index (χ1v) is 4.10. The zero-order valence-corrected chi connectivity index (χ0v) is 6.99. The maximum Gasteiger partial charge on any atom is 0.153 e. The van der Waals surface area contributed by atoms with Gasteiger partial charge in [0.05, 0.1) is 13.2 Å². The van der Waals surface area contributed by atoms with Crippen molar-refractivity contribution in [1.82, 2.24) is 5.32 Å². The molecular weight excluding hydrogens is 158 g/mol. The van der Waals surface area contributed by atoms with Crippen molar-refractivity contribution in [3.63, 3.8) is 0 Å². The smallest absolute Gasteiger partial charge is 0.153 e. The number of rotatable bonds is 3. The number of hydrogen-bond acceptors (Lipinski definition) is 4. The Balaban J connectivity index is 2.13. The van der Waals surface area contributed by atoms with Crippen LogP contribution in [0.25, 0.3) is 0 Å². The minimum Gasteiger partial charge on any atom is -0.409 e. The van der Waals surface area contributed by atoms with Crippen LogP contribution in [0.15, 0.2) is 5.16 Å². The lowest BCUT2D eigenvalue weighted by Gasteiger charge is -2.22. The van der Waals surface area contributed by atoms with Crippen molar-refractivity contribution in [3.05, 3.63) is 0 Å². The Morgan fingerprint density at radius 3 is 3.17 bits per heavy atom. The monoisotopic (exact) mass is 173 g/mol. The minimum absolute atomic E-state index is 0.209. The molecule has 1 unspecified atom stereocenters. The third-order valence-electron chi connectivity index (χ3n) is 1.86. The normalized spacial score (nSPS) is 25.7. The molecule has 0 aromatic rings. The number of amidine groups is 1. The van der Waals surface area contributed by atoms with E-state index in [0.29, 0.717) is 12.6 Å². The quantitative estimate of drug-likeness (QED) is 0.233. The minimum atomic E-state index is 0.209. The molecule has 0 radical (unpaired) electrons. The molecular formula is C7H15N3O2. The van der Waals surface area contributed by atoms with Crippen LogP contribution in [0, 0.1) is 0 Å².